The average molecular weight is 320 g/mol. The molecule has 3 N–H and O–H groups in total. The van der Waals surface area contributed by atoms with Crippen molar-refractivity contribution in [2.24, 2.45) is 0 Å². The number of nitrogens with two attached hydrogens (primary N) is 1. The summed E-state index contributed by atoms with van der Waals surface area (Å²) in [6.07, 6.45) is 2.54. The Bertz CT molecular complexity index is 1020. The zero-order chi connectivity index (χ0) is 16.8. The summed E-state index contributed by atoms with van der Waals surface area (Å²) in [5, 5.41) is 0.367. The summed E-state index contributed by atoms with van der Waals surface area (Å²) in [6.45, 7) is 2.03. The molecule has 24 heavy (non-hydrogen) atoms. The van der Waals surface area contributed by atoms with Crippen LogP contribution >= 0.6 is 0 Å². The summed E-state index contributed by atoms with van der Waals surface area (Å²) in [5.41, 5.74) is 9.03. The molecule has 0 aliphatic heterocycles. The highest BCUT2D eigenvalue weighted by Gasteiger charge is 2.29. The number of fused-ring (bicyclic) bond motifs is 3. The molecule has 1 atom stereocenters. The van der Waals surface area contributed by atoms with Crippen LogP contribution in [-0.4, -0.2) is 20.7 Å². The molecule has 0 saturated carbocycles. The lowest BCUT2D eigenvalue weighted by atomic mass is 9.79. The number of carbonyl (C=O) groups excluding carboxylic acids is 1. The van der Waals surface area contributed by atoms with Crippen molar-refractivity contribution >= 4 is 22.8 Å². The number of rotatable bonds is 1. The SMILES string of the molecule is Cc1ccc([C@H]2CC(=O)c3cnc4nc(N)[nH]c(=O)c4c3C2)cc1. The monoisotopic (exact) mass is 320 g/mol. The minimum atomic E-state index is -0.348. The van der Waals surface area contributed by atoms with E-state index in [9.17, 15) is 9.59 Å². The summed E-state index contributed by atoms with van der Waals surface area (Å²) in [6, 6.07) is 8.16. The van der Waals surface area contributed by atoms with Gasteiger partial charge >= 0.3 is 0 Å². The maximum Gasteiger partial charge on any atom is 0.262 e. The fourth-order valence-electron chi connectivity index (χ4n) is 3.36. The van der Waals surface area contributed by atoms with Crippen molar-refractivity contribution in [3.8, 4) is 0 Å². The van der Waals surface area contributed by atoms with Crippen molar-refractivity contribution in [3.63, 3.8) is 0 Å². The topological polar surface area (TPSA) is 102 Å². The molecule has 0 amide bonds. The van der Waals surface area contributed by atoms with Crippen LogP contribution < -0.4 is 11.3 Å². The van der Waals surface area contributed by atoms with Crippen LogP contribution in [0.2, 0.25) is 0 Å². The first-order valence-electron chi connectivity index (χ1n) is 7.80. The average Bonchev–Trinajstić information content (AvgIpc) is 2.54. The zero-order valence-electron chi connectivity index (χ0n) is 13.2. The maximum absolute atomic E-state index is 12.6. The van der Waals surface area contributed by atoms with Crippen molar-refractivity contribution in [3.05, 3.63) is 63.1 Å². The first-order valence-corrected chi connectivity index (χ1v) is 7.80. The number of carbonyl (C=O) groups is 1. The summed E-state index contributed by atoms with van der Waals surface area (Å²) in [7, 11) is 0. The number of aryl methyl sites for hydroxylation is 1. The molecule has 2 heterocycles. The van der Waals surface area contributed by atoms with Gasteiger partial charge < -0.3 is 5.73 Å². The molecule has 0 bridgehead atoms. The van der Waals surface area contributed by atoms with Gasteiger partial charge in [0.15, 0.2) is 11.4 Å². The van der Waals surface area contributed by atoms with Gasteiger partial charge in [-0.25, -0.2) is 4.98 Å². The lowest BCUT2D eigenvalue weighted by molar-refractivity contribution is 0.0964. The Hall–Kier alpha value is -3.02. The number of ketones is 1. The van der Waals surface area contributed by atoms with Gasteiger partial charge in [0.05, 0.1) is 5.39 Å². The Kier molecular flexibility index (Phi) is 3.19. The van der Waals surface area contributed by atoms with Crippen LogP contribution in [0.3, 0.4) is 0 Å². The van der Waals surface area contributed by atoms with Crippen molar-refractivity contribution in [2.75, 3.05) is 5.73 Å². The van der Waals surface area contributed by atoms with E-state index in [4.69, 9.17) is 5.73 Å². The van der Waals surface area contributed by atoms with Gasteiger partial charge in [0.2, 0.25) is 5.95 Å². The largest absolute Gasteiger partial charge is 0.369 e. The molecule has 0 radical (unpaired) electrons. The number of pyridine rings is 1. The molecule has 0 spiro atoms. The van der Waals surface area contributed by atoms with Crippen LogP contribution in [0.1, 0.15) is 39.4 Å². The smallest absolute Gasteiger partial charge is 0.262 e. The minimum absolute atomic E-state index is 0.00690. The predicted molar refractivity (Wildman–Crippen MR) is 91.1 cm³/mol. The molecule has 1 aromatic carbocycles. The van der Waals surface area contributed by atoms with Gasteiger partial charge in [-0.15, -0.1) is 0 Å². The molecular weight excluding hydrogens is 304 g/mol. The van der Waals surface area contributed by atoms with Crippen LogP contribution in [0.25, 0.3) is 11.0 Å². The lowest BCUT2D eigenvalue weighted by Crippen LogP contribution is -2.23. The van der Waals surface area contributed by atoms with Crippen molar-refractivity contribution < 1.29 is 4.79 Å². The number of anilines is 1. The highest BCUT2D eigenvalue weighted by Crippen LogP contribution is 2.34. The number of hydrogen-bond donors (Lipinski definition) is 2. The number of nitrogens with one attached hydrogen (secondary N) is 1. The number of nitrogens with zero attached hydrogens (tertiary/aromatic N) is 2. The molecule has 3 aromatic rings. The second-order valence-corrected chi connectivity index (χ2v) is 6.24. The quantitative estimate of drug-likeness (QED) is 0.715. The van der Waals surface area contributed by atoms with Crippen LogP contribution in [0.5, 0.6) is 0 Å². The Labute approximate surface area is 137 Å². The van der Waals surface area contributed by atoms with Gasteiger partial charge in [-0.3, -0.25) is 14.6 Å². The minimum Gasteiger partial charge on any atom is -0.369 e. The highest BCUT2D eigenvalue weighted by molar-refractivity contribution is 6.02. The third-order valence-electron chi connectivity index (χ3n) is 4.59. The summed E-state index contributed by atoms with van der Waals surface area (Å²) in [5.74, 6) is 0.0813. The molecule has 0 saturated heterocycles. The molecule has 120 valence electrons. The van der Waals surface area contributed by atoms with Crippen molar-refractivity contribution in [1.29, 1.82) is 0 Å². The number of benzene rings is 1. The molecule has 1 aliphatic rings. The van der Waals surface area contributed by atoms with E-state index in [1.54, 1.807) is 0 Å². The van der Waals surface area contributed by atoms with E-state index in [-0.39, 0.29) is 28.9 Å². The molecule has 6 nitrogen and oxygen atoms in total. The second-order valence-electron chi connectivity index (χ2n) is 6.24. The number of hydrogen-bond acceptors (Lipinski definition) is 5. The van der Waals surface area contributed by atoms with Crippen LogP contribution in [-0.2, 0) is 6.42 Å². The fraction of sp³-hybridized carbons (Fsp3) is 0.222. The van der Waals surface area contributed by atoms with E-state index in [1.807, 2.05) is 31.2 Å². The summed E-state index contributed by atoms with van der Waals surface area (Å²) < 4.78 is 0. The molecule has 4 rings (SSSR count). The molecule has 0 fully saturated rings. The lowest BCUT2D eigenvalue weighted by Gasteiger charge is -2.24. The van der Waals surface area contributed by atoms with Crippen LogP contribution in [0, 0.1) is 6.92 Å². The normalized spacial score (nSPS) is 17.0. The fourth-order valence-corrected chi connectivity index (χ4v) is 3.36. The molecular formula is C18H16N4O2. The number of H-pyrrole nitrogens is 1. The van der Waals surface area contributed by atoms with Crippen molar-refractivity contribution in [2.45, 2.75) is 25.7 Å². The first kappa shape index (κ1) is 14.6. The van der Waals surface area contributed by atoms with Gasteiger partial charge in [0.25, 0.3) is 5.56 Å². The maximum atomic E-state index is 12.6. The van der Waals surface area contributed by atoms with Crippen LogP contribution in [0.4, 0.5) is 5.95 Å². The second kappa shape index (κ2) is 5.26. The van der Waals surface area contributed by atoms with E-state index in [0.29, 0.717) is 23.8 Å². The van der Waals surface area contributed by atoms with E-state index in [0.717, 1.165) is 11.1 Å². The molecule has 0 unspecified atom stereocenters. The van der Waals surface area contributed by atoms with Gasteiger partial charge in [0, 0.05) is 18.2 Å². The Morgan fingerprint density at radius 2 is 1.92 bits per heavy atom. The molecule has 6 heteroatoms. The Balaban J connectivity index is 1.89. The number of aromatic nitrogens is 3. The number of aromatic amines is 1. The summed E-state index contributed by atoms with van der Waals surface area (Å²) >= 11 is 0. The van der Waals surface area contributed by atoms with Gasteiger partial charge in [0.1, 0.15) is 0 Å². The van der Waals surface area contributed by atoms with Gasteiger partial charge in [-0.2, -0.15) is 4.98 Å². The van der Waals surface area contributed by atoms with E-state index < -0.39 is 0 Å². The first-order chi connectivity index (χ1) is 11.5. The van der Waals surface area contributed by atoms with Crippen LogP contribution in [0.15, 0.2) is 35.3 Å². The van der Waals surface area contributed by atoms with E-state index in [1.165, 1.54) is 11.8 Å². The molecule has 1 aliphatic carbocycles. The Morgan fingerprint density at radius 1 is 1.17 bits per heavy atom. The number of Topliss-reactive ketones (excluding diaryl/α,β-unsaturated/α-hetero) is 1. The Morgan fingerprint density at radius 3 is 2.67 bits per heavy atom. The third kappa shape index (κ3) is 2.27. The summed E-state index contributed by atoms with van der Waals surface area (Å²) in [4.78, 5) is 35.6. The van der Waals surface area contributed by atoms with E-state index in [2.05, 4.69) is 15.0 Å². The highest BCUT2D eigenvalue weighted by atomic mass is 16.1. The third-order valence-corrected chi connectivity index (χ3v) is 4.59. The standard InChI is InChI=1S/C18H16N4O2/c1-9-2-4-10(5-3-9)11-6-12-13(14(23)7-11)8-20-16-15(12)17(24)22-18(19)21-16/h2-5,8,11H,6-7H2,1H3,(H3,19,20,21,22,24)/t11-/m1/s1. The zero-order valence-corrected chi connectivity index (χ0v) is 13.2. The predicted octanol–water partition coefficient (Wildman–Crippen LogP) is 2.12. The van der Waals surface area contributed by atoms with Gasteiger partial charge in [-0.05, 0) is 30.4 Å². The number of nitrogen functional groups attached to an aromatic ring is 1. The van der Waals surface area contributed by atoms with Gasteiger partial charge in [-0.1, -0.05) is 29.8 Å². The van der Waals surface area contributed by atoms with E-state index >= 15 is 0 Å². The molecule has 2 aromatic heterocycles. The van der Waals surface area contributed by atoms with Crippen molar-refractivity contribution in [1.82, 2.24) is 15.0 Å².